The zero-order valence-corrected chi connectivity index (χ0v) is 11.2. The van der Waals surface area contributed by atoms with E-state index in [9.17, 15) is 5.11 Å². The lowest BCUT2D eigenvalue weighted by Crippen LogP contribution is -2.06. The van der Waals surface area contributed by atoms with Gasteiger partial charge in [-0.25, -0.2) is 9.97 Å². The number of aromatic nitrogens is 3. The third-order valence-corrected chi connectivity index (χ3v) is 3.28. The molecule has 5 heteroatoms. The monoisotopic (exact) mass is 268 g/mol. The first kappa shape index (κ1) is 12.6. The van der Waals surface area contributed by atoms with Gasteiger partial charge < -0.3 is 10.8 Å². The molecule has 2 heterocycles. The standard InChI is InChI=1S/C15H16N4O/c1-10-4-2-5-11-15(10)18-14(8-9-20)19(11)13-7-3-6-12(16)17-13/h2-7,20H,8-9H2,1H3,(H2,16,17). The van der Waals surface area contributed by atoms with E-state index < -0.39 is 0 Å². The summed E-state index contributed by atoms with van der Waals surface area (Å²) >= 11 is 0. The maximum Gasteiger partial charge on any atom is 0.140 e. The topological polar surface area (TPSA) is 77.0 Å². The van der Waals surface area contributed by atoms with Crippen molar-refractivity contribution < 1.29 is 5.11 Å². The van der Waals surface area contributed by atoms with Gasteiger partial charge in [-0.05, 0) is 30.7 Å². The van der Waals surface area contributed by atoms with Crippen LogP contribution in [-0.4, -0.2) is 26.2 Å². The SMILES string of the molecule is Cc1cccc2c1nc(CCO)n2-c1cccc(N)n1. The van der Waals surface area contributed by atoms with Crippen LogP contribution < -0.4 is 5.73 Å². The van der Waals surface area contributed by atoms with Crippen molar-refractivity contribution in [1.29, 1.82) is 0 Å². The number of hydrogen-bond acceptors (Lipinski definition) is 4. The molecule has 0 radical (unpaired) electrons. The van der Waals surface area contributed by atoms with Crippen LogP contribution >= 0.6 is 0 Å². The lowest BCUT2D eigenvalue weighted by molar-refractivity contribution is 0.296. The van der Waals surface area contributed by atoms with E-state index in [1.165, 1.54) is 0 Å². The quantitative estimate of drug-likeness (QED) is 0.760. The molecule has 3 rings (SSSR count). The first-order chi connectivity index (χ1) is 9.70. The molecule has 20 heavy (non-hydrogen) atoms. The molecular formula is C15H16N4O. The Labute approximate surface area is 116 Å². The number of anilines is 1. The summed E-state index contributed by atoms with van der Waals surface area (Å²) in [7, 11) is 0. The van der Waals surface area contributed by atoms with Gasteiger partial charge in [0, 0.05) is 6.42 Å². The van der Waals surface area contributed by atoms with Crippen LogP contribution in [0.1, 0.15) is 11.4 Å². The molecule has 0 amide bonds. The highest BCUT2D eigenvalue weighted by molar-refractivity contribution is 5.81. The van der Waals surface area contributed by atoms with Crippen LogP contribution in [0.2, 0.25) is 0 Å². The number of benzene rings is 1. The van der Waals surface area contributed by atoms with Crippen LogP contribution in [0.5, 0.6) is 0 Å². The molecule has 0 saturated heterocycles. The lowest BCUT2D eigenvalue weighted by Gasteiger charge is -2.08. The van der Waals surface area contributed by atoms with Gasteiger partial charge in [-0.1, -0.05) is 18.2 Å². The Morgan fingerprint density at radius 2 is 1.95 bits per heavy atom. The van der Waals surface area contributed by atoms with Gasteiger partial charge in [0.2, 0.25) is 0 Å². The summed E-state index contributed by atoms with van der Waals surface area (Å²) in [5, 5.41) is 9.24. The molecule has 3 N–H and O–H groups in total. The second kappa shape index (κ2) is 4.94. The van der Waals surface area contributed by atoms with Crippen LogP contribution in [0.3, 0.4) is 0 Å². The summed E-state index contributed by atoms with van der Waals surface area (Å²) in [6, 6.07) is 11.5. The van der Waals surface area contributed by atoms with E-state index in [-0.39, 0.29) is 6.61 Å². The second-order valence-electron chi connectivity index (χ2n) is 4.70. The van der Waals surface area contributed by atoms with Gasteiger partial charge in [-0.3, -0.25) is 4.57 Å². The minimum Gasteiger partial charge on any atom is -0.396 e. The summed E-state index contributed by atoms with van der Waals surface area (Å²) < 4.78 is 1.95. The summed E-state index contributed by atoms with van der Waals surface area (Å²) in [4.78, 5) is 8.99. The number of aliphatic hydroxyl groups is 1. The first-order valence-corrected chi connectivity index (χ1v) is 6.51. The smallest absolute Gasteiger partial charge is 0.140 e. The predicted octanol–water partition coefficient (Wildman–Crippen LogP) is 1.85. The van der Waals surface area contributed by atoms with Crippen molar-refractivity contribution in [3.8, 4) is 5.82 Å². The van der Waals surface area contributed by atoms with Crippen LogP contribution in [-0.2, 0) is 6.42 Å². The Morgan fingerprint density at radius 3 is 2.70 bits per heavy atom. The Hall–Kier alpha value is -2.40. The Bertz CT molecular complexity index is 764. The molecule has 0 aliphatic rings. The number of nitrogens with two attached hydrogens (primary N) is 1. The average molecular weight is 268 g/mol. The summed E-state index contributed by atoms with van der Waals surface area (Å²) in [6.45, 7) is 2.07. The van der Waals surface area contributed by atoms with E-state index in [4.69, 9.17) is 5.73 Å². The normalized spacial score (nSPS) is 11.1. The third-order valence-electron chi connectivity index (χ3n) is 3.28. The van der Waals surface area contributed by atoms with Crippen molar-refractivity contribution in [3.63, 3.8) is 0 Å². The molecule has 0 unspecified atom stereocenters. The number of aryl methyl sites for hydroxylation is 1. The van der Waals surface area contributed by atoms with Gasteiger partial charge in [0.15, 0.2) is 0 Å². The number of fused-ring (bicyclic) bond motifs is 1. The highest BCUT2D eigenvalue weighted by Crippen LogP contribution is 2.23. The van der Waals surface area contributed by atoms with Crippen molar-refractivity contribution in [2.45, 2.75) is 13.3 Å². The highest BCUT2D eigenvalue weighted by atomic mass is 16.3. The van der Waals surface area contributed by atoms with Crippen molar-refractivity contribution in [1.82, 2.24) is 14.5 Å². The molecule has 3 aromatic rings. The van der Waals surface area contributed by atoms with Gasteiger partial charge in [-0.15, -0.1) is 0 Å². The van der Waals surface area contributed by atoms with E-state index in [0.29, 0.717) is 12.2 Å². The number of rotatable bonds is 3. The number of nitrogens with zero attached hydrogens (tertiary/aromatic N) is 3. The molecule has 0 saturated carbocycles. The fraction of sp³-hybridized carbons (Fsp3) is 0.200. The first-order valence-electron chi connectivity index (χ1n) is 6.51. The number of hydrogen-bond donors (Lipinski definition) is 2. The van der Waals surface area contributed by atoms with E-state index in [1.807, 2.05) is 41.8 Å². The number of imidazole rings is 1. The molecule has 102 valence electrons. The number of pyridine rings is 1. The Kier molecular flexibility index (Phi) is 3.12. The molecule has 0 spiro atoms. The highest BCUT2D eigenvalue weighted by Gasteiger charge is 2.14. The van der Waals surface area contributed by atoms with Gasteiger partial charge in [0.25, 0.3) is 0 Å². The minimum atomic E-state index is 0.0463. The molecule has 0 fully saturated rings. The van der Waals surface area contributed by atoms with Crippen molar-refractivity contribution >= 4 is 16.9 Å². The third kappa shape index (κ3) is 2.02. The van der Waals surface area contributed by atoms with Crippen LogP contribution in [0.15, 0.2) is 36.4 Å². The van der Waals surface area contributed by atoms with Gasteiger partial charge in [0.1, 0.15) is 17.5 Å². The van der Waals surface area contributed by atoms with E-state index in [2.05, 4.69) is 9.97 Å². The van der Waals surface area contributed by atoms with E-state index in [1.54, 1.807) is 6.07 Å². The van der Waals surface area contributed by atoms with Crippen LogP contribution in [0, 0.1) is 6.92 Å². The molecule has 0 bridgehead atoms. The number of aliphatic hydroxyl groups excluding tert-OH is 1. The van der Waals surface area contributed by atoms with Crippen molar-refractivity contribution in [2.75, 3.05) is 12.3 Å². The zero-order valence-electron chi connectivity index (χ0n) is 11.2. The molecule has 2 aromatic heterocycles. The largest absolute Gasteiger partial charge is 0.396 e. The Balaban J connectivity index is 2.32. The maximum atomic E-state index is 9.24. The Morgan fingerprint density at radius 1 is 1.15 bits per heavy atom. The van der Waals surface area contributed by atoms with Gasteiger partial charge in [0.05, 0.1) is 17.6 Å². The fourth-order valence-corrected chi connectivity index (χ4v) is 2.37. The van der Waals surface area contributed by atoms with Crippen molar-refractivity contribution in [2.24, 2.45) is 0 Å². The molecule has 1 aromatic carbocycles. The van der Waals surface area contributed by atoms with Gasteiger partial charge in [-0.2, -0.15) is 0 Å². The van der Waals surface area contributed by atoms with Crippen LogP contribution in [0.25, 0.3) is 16.9 Å². The fourth-order valence-electron chi connectivity index (χ4n) is 2.37. The van der Waals surface area contributed by atoms with E-state index in [0.717, 1.165) is 28.2 Å². The summed E-state index contributed by atoms with van der Waals surface area (Å²) in [5.41, 5.74) is 8.78. The zero-order chi connectivity index (χ0) is 14.1. The molecule has 0 aliphatic heterocycles. The molecule has 0 atom stereocenters. The molecule has 0 aliphatic carbocycles. The summed E-state index contributed by atoms with van der Waals surface area (Å²) in [5.74, 6) is 1.98. The molecular weight excluding hydrogens is 252 g/mol. The van der Waals surface area contributed by atoms with Gasteiger partial charge >= 0.3 is 0 Å². The van der Waals surface area contributed by atoms with Crippen LogP contribution in [0.4, 0.5) is 5.82 Å². The average Bonchev–Trinajstić information content (AvgIpc) is 2.79. The lowest BCUT2D eigenvalue weighted by atomic mass is 10.2. The molecule has 5 nitrogen and oxygen atoms in total. The number of para-hydroxylation sites is 1. The van der Waals surface area contributed by atoms with E-state index >= 15 is 0 Å². The minimum absolute atomic E-state index is 0.0463. The number of nitrogen functional groups attached to an aromatic ring is 1. The maximum absolute atomic E-state index is 9.24. The predicted molar refractivity (Wildman–Crippen MR) is 78.8 cm³/mol. The second-order valence-corrected chi connectivity index (χ2v) is 4.70. The van der Waals surface area contributed by atoms with Crippen molar-refractivity contribution in [3.05, 3.63) is 47.8 Å². The summed E-state index contributed by atoms with van der Waals surface area (Å²) in [6.07, 6.45) is 0.477.